The summed E-state index contributed by atoms with van der Waals surface area (Å²) in [5.41, 5.74) is 6.51. The normalized spacial score (nSPS) is 10.8. The molecule has 5 heteroatoms. The average molecular weight is 304 g/mol. The zero-order valence-corrected chi connectivity index (χ0v) is 12.7. The van der Waals surface area contributed by atoms with Gasteiger partial charge in [0.2, 0.25) is 5.91 Å². The number of nitrogens with one attached hydrogen (secondary N) is 2. The van der Waals surface area contributed by atoms with Crippen LogP contribution in [-0.2, 0) is 4.79 Å². The Labute approximate surface area is 134 Å². The number of benzene rings is 2. The number of pyridine rings is 1. The molecule has 3 aromatic rings. The summed E-state index contributed by atoms with van der Waals surface area (Å²) >= 11 is 0. The van der Waals surface area contributed by atoms with Crippen molar-refractivity contribution in [3.8, 4) is 0 Å². The van der Waals surface area contributed by atoms with Crippen LogP contribution >= 0.6 is 0 Å². The molecule has 23 heavy (non-hydrogen) atoms. The molecule has 0 fully saturated rings. The van der Waals surface area contributed by atoms with Gasteiger partial charge in [-0.1, -0.05) is 18.2 Å². The fourth-order valence-electron chi connectivity index (χ4n) is 2.24. The fourth-order valence-corrected chi connectivity index (χ4v) is 2.24. The van der Waals surface area contributed by atoms with Crippen molar-refractivity contribution >= 4 is 34.4 Å². The van der Waals surface area contributed by atoms with Crippen LogP contribution in [0.15, 0.2) is 65.9 Å². The Bertz CT molecular complexity index is 851. The second-order valence-corrected chi connectivity index (χ2v) is 5.05. The summed E-state index contributed by atoms with van der Waals surface area (Å²) in [5.74, 6) is -0.0895. The lowest BCUT2D eigenvalue weighted by Crippen LogP contribution is -2.05. The molecule has 0 spiro atoms. The van der Waals surface area contributed by atoms with Gasteiger partial charge < -0.3 is 5.32 Å². The van der Waals surface area contributed by atoms with Crippen molar-refractivity contribution in [3.05, 3.63) is 66.4 Å². The maximum atomic E-state index is 11.0. The van der Waals surface area contributed by atoms with E-state index in [9.17, 15) is 4.79 Å². The lowest BCUT2D eigenvalue weighted by molar-refractivity contribution is -0.114. The van der Waals surface area contributed by atoms with Gasteiger partial charge in [0, 0.05) is 29.8 Å². The number of fused-ring (bicyclic) bond motifs is 1. The monoisotopic (exact) mass is 304 g/mol. The van der Waals surface area contributed by atoms with Crippen LogP contribution in [0, 0.1) is 0 Å². The van der Waals surface area contributed by atoms with Crippen LogP contribution in [0.1, 0.15) is 12.5 Å². The zero-order valence-electron chi connectivity index (χ0n) is 12.7. The molecule has 5 nitrogen and oxygen atoms in total. The molecule has 1 heterocycles. The molecule has 0 aliphatic rings. The molecule has 0 bridgehead atoms. The van der Waals surface area contributed by atoms with Crippen molar-refractivity contribution in [3.63, 3.8) is 0 Å². The minimum absolute atomic E-state index is 0.0895. The van der Waals surface area contributed by atoms with Crippen LogP contribution in [0.25, 0.3) is 10.9 Å². The number of amides is 1. The van der Waals surface area contributed by atoms with Gasteiger partial charge in [0.05, 0.1) is 17.4 Å². The van der Waals surface area contributed by atoms with Crippen LogP contribution in [0.3, 0.4) is 0 Å². The van der Waals surface area contributed by atoms with E-state index in [0.717, 1.165) is 27.8 Å². The van der Waals surface area contributed by atoms with E-state index in [1.54, 1.807) is 12.4 Å². The summed E-state index contributed by atoms with van der Waals surface area (Å²) in [4.78, 5) is 15.3. The highest BCUT2D eigenvalue weighted by Gasteiger charge is 1.98. The second kappa shape index (κ2) is 6.70. The van der Waals surface area contributed by atoms with Crippen LogP contribution in [-0.4, -0.2) is 17.1 Å². The van der Waals surface area contributed by atoms with Crippen LogP contribution in [0.5, 0.6) is 0 Å². The maximum absolute atomic E-state index is 11.0. The third kappa shape index (κ3) is 3.71. The third-order valence-electron chi connectivity index (χ3n) is 3.29. The minimum atomic E-state index is -0.0895. The number of hydrogen-bond donors (Lipinski definition) is 2. The SMILES string of the molecule is CC(=O)Nc1ccc(NN=Cc2ccnc3ccccc23)cc1. The lowest BCUT2D eigenvalue weighted by Gasteiger charge is -2.04. The van der Waals surface area contributed by atoms with Gasteiger partial charge in [-0.2, -0.15) is 5.10 Å². The molecular formula is C18H16N4O. The zero-order chi connectivity index (χ0) is 16.1. The Morgan fingerprint density at radius 3 is 2.57 bits per heavy atom. The molecule has 1 amide bonds. The van der Waals surface area contributed by atoms with Crippen molar-refractivity contribution in [1.82, 2.24) is 4.98 Å². The molecule has 0 radical (unpaired) electrons. The van der Waals surface area contributed by atoms with E-state index in [-0.39, 0.29) is 5.91 Å². The second-order valence-electron chi connectivity index (χ2n) is 5.05. The van der Waals surface area contributed by atoms with Gasteiger partial charge in [0.25, 0.3) is 0 Å². The number of rotatable bonds is 4. The van der Waals surface area contributed by atoms with Crippen LogP contribution in [0.4, 0.5) is 11.4 Å². The van der Waals surface area contributed by atoms with E-state index >= 15 is 0 Å². The highest BCUT2D eigenvalue weighted by atomic mass is 16.1. The van der Waals surface area contributed by atoms with Gasteiger partial charge >= 0.3 is 0 Å². The number of carbonyl (C=O) groups is 1. The van der Waals surface area contributed by atoms with E-state index in [1.807, 2.05) is 54.6 Å². The van der Waals surface area contributed by atoms with Gasteiger partial charge in [-0.3, -0.25) is 15.2 Å². The first-order valence-corrected chi connectivity index (χ1v) is 7.23. The standard InChI is InChI=1S/C18H16N4O/c1-13(23)21-15-6-8-16(9-7-15)22-20-12-14-10-11-19-18-5-3-2-4-17(14)18/h2-12,22H,1H3,(H,21,23). The molecule has 0 saturated heterocycles. The fraction of sp³-hybridized carbons (Fsp3) is 0.0556. The Morgan fingerprint density at radius 2 is 1.78 bits per heavy atom. The predicted octanol–water partition coefficient (Wildman–Crippen LogP) is 3.64. The quantitative estimate of drug-likeness (QED) is 0.571. The Kier molecular flexibility index (Phi) is 4.29. The topological polar surface area (TPSA) is 66.4 Å². The number of hydrazone groups is 1. The summed E-state index contributed by atoms with van der Waals surface area (Å²) in [6.07, 6.45) is 3.54. The van der Waals surface area contributed by atoms with Crippen molar-refractivity contribution in [1.29, 1.82) is 0 Å². The Morgan fingerprint density at radius 1 is 1.04 bits per heavy atom. The van der Waals surface area contributed by atoms with Crippen molar-refractivity contribution in [2.24, 2.45) is 5.10 Å². The molecule has 0 saturated carbocycles. The van der Waals surface area contributed by atoms with Gasteiger partial charge in [0.1, 0.15) is 0 Å². The van der Waals surface area contributed by atoms with Gasteiger partial charge in [-0.05, 0) is 36.4 Å². The van der Waals surface area contributed by atoms with Gasteiger partial charge in [-0.15, -0.1) is 0 Å². The molecule has 114 valence electrons. The third-order valence-corrected chi connectivity index (χ3v) is 3.29. The highest BCUT2D eigenvalue weighted by Crippen LogP contribution is 2.15. The van der Waals surface area contributed by atoms with Crippen LogP contribution in [0.2, 0.25) is 0 Å². The maximum Gasteiger partial charge on any atom is 0.221 e. The number of hydrogen-bond acceptors (Lipinski definition) is 4. The van der Waals surface area contributed by atoms with E-state index in [2.05, 4.69) is 20.8 Å². The van der Waals surface area contributed by atoms with E-state index in [1.165, 1.54) is 6.92 Å². The number of carbonyl (C=O) groups excluding carboxylic acids is 1. The lowest BCUT2D eigenvalue weighted by atomic mass is 10.1. The molecule has 0 aliphatic carbocycles. The summed E-state index contributed by atoms with van der Waals surface area (Å²) in [7, 11) is 0. The highest BCUT2D eigenvalue weighted by molar-refractivity contribution is 5.98. The van der Waals surface area contributed by atoms with Crippen molar-refractivity contribution in [2.45, 2.75) is 6.92 Å². The van der Waals surface area contributed by atoms with Gasteiger partial charge in [0.15, 0.2) is 0 Å². The van der Waals surface area contributed by atoms with E-state index in [0.29, 0.717) is 0 Å². The minimum Gasteiger partial charge on any atom is -0.326 e. The summed E-state index contributed by atoms with van der Waals surface area (Å²) in [6.45, 7) is 1.48. The molecule has 0 unspecified atom stereocenters. The smallest absolute Gasteiger partial charge is 0.221 e. The molecule has 3 rings (SSSR count). The number of anilines is 2. The largest absolute Gasteiger partial charge is 0.326 e. The van der Waals surface area contributed by atoms with Crippen LogP contribution < -0.4 is 10.7 Å². The number of aromatic nitrogens is 1. The molecule has 2 aromatic carbocycles. The van der Waals surface area contributed by atoms with Crippen molar-refractivity contribution in [2.75, 3.05) is 10.7 Å². The Balaban J connectivity index is 1.72. The Hall–Kier alpha value is -3.21. The number of nitrogens with zero attached hydrogens (tertiary/aromatic N) is 2. The molecule has 0 atom stereocenters. The summed E-state index contributed by atoms with van der Waals surface area (Å²) in [5, 5.41) is 8.04. The molecule has 1 aromatic heterocycles. The first-order chi connectivity index (χ1) is 11.2. The first-order valence-electron chi connectivity index (χ1n) is 7.23. The van der Waals surface area contributed by atoms with Crippen molar-refractivity contribution < 1.29 is 4.79 Å². The summed E-state index contributed by atoms with van der Waals surface area (Å²) in [6, 6.07) is 17.2. The molecule has 0 aliphatic heterocycles. The first kappa shape index (κ1) is 14.7. The molecule has 2 N–H and O–H groups in total. The number of para-hydroxylation sites is 1. The summed E-state index contributed by atoms with van der Waals surface area (Å²) < 4.78 is 0. The van der Waals surface area contributed by atoms with Gasteiger partial charge in [-0.25, -0.2) is 0 Å². The predicted molar refractivity (Wildman–Crippen MR) is 93.7 cm³/mol. The van der Waals surface area contributed by atoms with E-state index in [4.69, 9.17) is 0 Å². The average Bonchev–Trinajstić information content (AvgIpc) is 2.56. The molecular weight excluding hydrogens is 288 g/mol. The van der Waals surface area contributed by atoms with E-state index < -0.39 is 0 Å².